The lowest BCUT2D eigenvalue weighted by atomic mass is 9.88. The molecule has 0 amide bonds. The number of hydrogen-bond donors (Lipinski definition) is 2. The van der Waals surface area contributed by atoms with Crippen LogP contribution in [0.2, 0.25) is 0 Å². The number of hydrogen-bond acceptors (Lipinski definition) is 1. The van der Waals surface area contributed by atoms with Crippen LogP contribution in [0.4, 0.5) is 0 Å². The summed E-state index contributed by atoms with van der Waals surface area (Å²) in [6, 6.07) is 9.55. The second-order valence-electron chi connectivity index (χ2n) is 5.80. The summed E-state index contributed by atoms with van der Waals surface area (Å²) in [5, 5.41) is 7.72. The lowest BCUT2D eigenvalue weighted by Gasteiger charge is -2.28. The van der Waals surface area contributed by atoms with Gasteiger partial charge in [0, 0.05) is 6.04 Å². The van der Waals surface area contributed by atoms with Crippen LogP contribution in [0.25, 0.3) is 0 Å². The molecule has 0 saturated carbocycles. The Labute approximate surface area is 128 Å². The highest BCUT2D eigenvalue weighted by atomic mass is 32.1. The Kier molecular flexibility index (Phi) is 5.84. The van der Waals surface area contributed by atoms with Gasteiger partial charge in [-0.05, 0) is 56.0 Å². The molecule has 1 aliphatic rings. The second-order valence-corrected chi connectivity index (χ2v) is 6.21. The predicted molar refractivity (Wildman–Crippen MR) is 90.0 cm³/mol. The summed E-state index contributed by atoms with van der Waals surface area (Å²) >= 11 is 5.47. The molecule has 0 fully saturated rings. The average molecular weight is 290 g/mol. The van der Waals surface area contributed by atoms with Crippen molar-refractivity contribution in [2.24, 2.45) is 0 Å². The molecular weight excluding hydrogens is 264 g/mol. The molecule has 2 nitrogen and oxygen atoms in total. The van der Waals surface area contributed by atoms with E-state index in [-0.39, 0.29) is 0 Å². The molecule has 2 N–H and O–H groups in total. The van der Waals surface area contributed by atoms with E-state index >= 15 is 0 Å². The summed E-state index contributed by atoms with van der Waals surface area (Å²) in [4.78, 5) is 0. The Bertz CT molecular complexity index is 444. The first kappa shape index (κ1) is 15.3. The number of unbranched alkanes of at least 4 members (excludes halogenated alkanes) is 1. The van der Waals surface area contributed by atoms with E-state index in [2.05, 4.69) is 48.7 Å². The molecule has 0 bridgehead atoms. The Morgan fingerprint density at radius 2 is 2.20 bits per heavy atom. The summed E-state index contributed by atoms with van der Waals surface area (Å²) in [5.41, 5.74) is 2.89. The van der Waals surface area contributed by atoms with Crippen LogP contribution in [0, 0.1) is 0 Å². The van der Waals surface area contributed by atoms with E-state index in [0.29, 0.717) is 12.1 Å². The molecule has 110 valence electrons. The van der Waals surface area contributed by atoms with Gasteiger partial charge in [-0.25, -0.2) is 0 Å². The van der Waals surface area contributed by atoms with Crippen LogP contribution in [0.1, 0.15) is 63.1 Å². The highest BCUT2D eigenvalue weighted by Crippen LogP contribution is 2.29. The third-order valence-corrected chi connectivity index (χ3v) is 4.28. The quantitative estimate of drug-likeness (QED) is 0.798. The fourth-order valence-electron chi connectivity index (χ4n) is 2.91. The molecule has 1 aromatic rings. The van der Waals surface area contributed by atoms with Crippen molar-refractivity contribution in [3.63, 3.8) is 0 Å². The molecule has 2 rings (SSSR count). The number of aryl methyl sites for hydroxylation is 1. The van der Waals surface area contributed by atoms with Gasteiger partial charge < -0.3 is 10.6 Å². The molecular formula is C17H26N2S. The molecule has 2 atom stereocenters. The number of fused-ring (bicyclic) bond motifs is 1. The van der Waals surface area contributed by atoms with E-state index in [0.717, 1.165) is 5.11 Å². The number of thiocarbonyl (C=S) groups is 1. The Hall–Kier alpha value is -1.09. The van der Waals surface area contributed by atoms with Gasteiger partial charge >= 0.3 is 0 Å². The van der Waals surface area contributed by atoms with Crippen LogP contribution < -0.4 is 10.6 Å². The summed E-state index contributed by atoms with van der Waals surface area (Å²) in [6.07, 6.45) is 7.27. The van der Waals surface area contributed by atoms with Crippen molar-refractivity contribution in [1.29, 1.82) is 0 Å². The molecule has 20 heavy (non-hydrogen) atoms. The van der Waals surface area contributed by atoms with Crippen LogP contribution in [-0.4, -0.2) is 11.2 Å². The van der Waals surface area contributed by atoms with E-state index in [9.17, 15) is 0 Å². The maximum atomic E-state index is 5.47. The third kappa shape index (κ3) is 4.20. The first-order chi connectivity index (χ1) is 9.70. The summed E-state index contributed by atoms with van der Waals surface area (Å²) in [5.74, 6) is 0. The van der Waals surface area contributed by atoms with Gasteiger partial charge in [-0.3, -0.25) is 0 Å². The molecule has 0 aliphatic heterocycles. The van der Waals surface area contributed by atoms with Gasteiger partial charge in [0.15, 0.2) is 5.11 Å². The van der Waals surface area contributed by atoms with Crippen LogP contribution in [-0.2, 0) is 6.42 Å². The molecule has 0 radical (unpaired) electrons. The minimum atomic E-state index is 0.373. The third-order valence-electron chi connectivity index (χ3n) is 4.04. The largest absolute Gasteiger partial charge is 0.360 e. The molecule has 0 spiro atoms. The van der Waals surface area contributed by atoms with Crippen molar-refractivity contribution in [2.45, 2.75) is 64.5 Å². The van der Waals surface area contributed by atoms with Crippen LogP contribution in [0.15, 0.2) is 24.3 Å². The maximum Gasteiger partial charge on any atom is 0.166 e. The van der Waals surface area contributed by atoms with Crippen molar-refractivity contribution in [3.05, 3.63) is 35.4 Å². The fraction of sp³-hybridized carbons (Fsp3) is 0.588. The summed E-state index contributed by atoms with van der Waals surface area (Å²) in [7, 11) is 0. The molecule has 0 heterocycles. The maximum absolute atomic E-state index is 5.47. The van der Waals surface area contributed by atoms with Crippen LogP contribution in [0.3, 0.4) is 0 Å². The first-order valence-electron chi connectivity index (χ1n) is 7.85. The molecule has 0 saturated heterocycles. The Morgan fingerprint density at radius 1 is 1.40 bits per heavy atom. The molecule has 2 unspecified atom stereocenters. The first-order valence-corrected chi connectivity index (χ1v) is 8.26. The SMILES string of the molecule is CCCCC(C)NC(=S)NC1CCCc2ccccc21. The van der Waals surface area contributed by atoms with Crippen molar-refractivity contribution in [1.82, 2.24) is 10.6 Å². The van der Waals surface area contributed by atoms with Crippen LogP contribution >= 0.6 is 12.2 Å². The molecule has 1 aliphatic carbocycles. The van der Waals surface area contributed by atoms with Gasteiger partial charge in [-0.1, -0.05) is 44.0 Å². The minimum Gasteiger partial charge on any atom is -0.360 e. The molecule has 1 aromatic carbocycles. The Morgan fingerprint density at radius 3 is 3.00 bits per heavy atom. The average Bonchev–Trinajstić information content (AvgIpc) is 2.45. The van der Waals surface area contributed by atoms with Gasteiger partial charge in [0.1, 0.15) is 0 Å². The minimum absolute atomic E-state index is 0.373. The molecule has 0 aromatic heterocycles. The van der Waals surface area contributed by atoms with E-state index in [1.807, 2.05) is 0 Å². The van der Waals surface area contributed by atoms with E-state index in [1.54, 1.807) is 0 Å². The smallest absolute Gasteiger partial charge is 0.166 e. The predicted octanol–water partition coefficient (Wildman–Crippen LogP) is 4.11. The highest BCUT2D eigenvalue weighted by molar-refractivity contribution is 7.80. The van der Waals surface area contributed by atoms with Crippen molar-refractivity contribution in [2.75, 3.05) is 0 Å². The topological polar surface area (TPSA) is 24.1 Å². The zero-order chi connectivity index (χ0) is 14.4. The second kappa shape index (κ2) is 7.63. The van der Waals surface area contributed by atoms with Gasteiger partial charge in [0.25, 0.3) is 0 Å². The normalized spacial score (nSPS) is 19.0. The summed E-state index contributed by atoms with van der Waals surface area (Å²) in [6.45, 7) is 4.43. The van der Waals surface area contributed by atoms with E-state index in [4.69, 9.17) is 12.2 Å². The lowest BCUT2D eigenvalue weighted by molar-refractivity contribution is 0.510. The monoisotopic (exact) mass is 290 g/mol. The summed E-state index contributed by atoms with van der Waals surface area (Å²) < 4.78 is 0. The van der Waals surface area contributed by atoms with Gasteiger partial charge in [-0.2, -0.15) is 0 Å². The number of benzene rings is 1. The van der Waals surface area contributed by atoms with Crippen molar-refractivity contribution in [3.8, 4) is 0 Å². The zero-order valence-corrected chi connectivity index (χ0v) is 13.4. The lowest BCUT2D eigenvalue weighted by Crippen LogP contribution is -2.42. The number of nitrogens with one attached hydrogen (secondary N) is 2. The van der Waals surface area contributed by atoms with Crippen molar-refractivity contribution >= 4 is 17.3 Å². The number of rotatable bonds is 5. The van der Waals surface area contributed by atoms with E-state index in [1.165, 1.54) is 49.7 Å². The molecule has 3 heteroatoms. The van der Waals surface area contributed by atoms with Crippen LogP contribution in [0.5, 0.6) is 0 Å². The Balaban J connectivity index is 1.89. The van der Waals surface area contributed by atoms with Gasteiger partial charge in [0.05, 0.1) is 6.04 Å². The van der Waals surface area contributed by atoms with E-state index < -0.39 is 0 Å². The zero-order valence-electron chi connectivity index (χ0n) is 12.6. The van der Waals surface area contributed by atoms with Gasteiger partial charge in [-0.15, -0.1) is 0 Å². The van der Waals surface area contributed by atoms with Crippen molar-refractivity contribution < 1.29 is 0 Å². The highest BCUT2D eigenvalue weighted by Gasteiger charge is 2.20. The standard InChI is InChI=1S/C17H26N2S/c1-3-4-8-13(2)18-17(20)19-16-12-7-10-14-9-5-6-11-15(14)16/h5-6,9,11,13,16H,3-4,7-8,10,12H2,1-2H3,(H2,18,19,20). The van der Waals surface area contributed by atoms with Gasteiger partial charge in [0.2, 0.25) is 0 Å². The fourth-order valence-corrected chi connectivity index (χ4v) is 3.25.